The fraction of sp³-hybridized carbons (Fsp3) is 0.929. The van der Waals surface area contributed by atoms with E-state index < -0.39 is 43.2 Å². The van der Waals surface area contributed by atoms with Crippen molar-refractivity contribution in [3.63, 3.8) is 0 Å². The van der Waals surface area contributed by atoms with Gasteiger partial charge in [-0.2, -0.15) is 16.8 Å². The lowest BCUT2D eigenvalue weighted by Crippen LogP contribution is -2.44. The smallest absolute Gasteiger partial charge is 0.267 e. The third-order valence-corrected chi connectivity index (χ3v) is 5.62. The first-order chi connectivity index (χ1) is 11.2. The van der Waals surface area contributed by atoms with Gasteiger partial charge in [0.1, 0.15) is 0 Å². The maximum Gasteiger partial charge on any atom is 0.267 e. The fourth-order valence-electron chi connectivity index (χ4n) is 1.74. The zero-order valence-electron chi connectivity index (χ0n) is 15.2. The standard InChI is InChI=1S/C14H30N2O7S2/c1-11(2)12(15)13(17)16-7-6-14(3,4)10-23-25(21,22)9-5-8-24(18,19)20/h11-12H,5-10,15H2,1-4H3,(H,16,17)(H,18,19,20)/t12-/m0/s1. The first kappa shape index (κ1) is 24.2. The summed E-state index contributed by atoms with van der Waals surface area (Å²) < 4.78 is 58.1. The molecule has 0 aromatic rings. The van der Waals surface area contributed by atoms with E-state index in [0.29, 0.717) is 13.0 Å². The van der Waals surface area contributed by atoms with Gasteiger partial charge in [-0.05, 0) is 24.2 Å². The number of hydrogen-bond acceptors (Lipinski definition) is 7. The molecule has 11 heteroatoms. The molecular weight excluding hydrogens is 372 g/mol. The molecule has 0 aliphatic carbocycles. The van der Waals surface area contributed by atoms with Crippen molar-refractivity contribution in [3.8, 4) is 0 Å². The van der Waals surface area contributed by atoms with E-state index in [2.05, 4.69) is 5.32 Å². The summed E-state index contributed by atoms with van der Waals surface area (Å²) in [4.78, 5) is 11.8. The van der Waals surface area contributed by atoms with Crippen LogP contribution in [0.25, 0.3) is 0 Å². The van der Waals surface area contributed by atoms with Crippen molar-refractivity contribution in [2.45, 2.75) is 46.6 Å². The summed E-state index contributed by atoms with van der Waals surface area (Å²) in [6.45, 7) is 7.49. The van der Waals surface area contributed by atoms with Crippen LogP contribution in [-0.4, -0.2) is 58.0 Å². The van der Waals surface area contributed by atoms with Crippen molar-refractivity contribution < 1.29 is 30.4 Å². The molecule has 0 aliphatic heterocycles. The Kier molecular flexibility index (Phi) is 9.52. The third kappa shape index (κ3) is 12.3. The second kappa shape index (κ2) is 9.81. The molecule has 9 nitrogen and oxygen atoms in total. The first-order valence-electron chi connectivity index (χ1n) is 8.01. The largest absolute Gasteiger partial charge is 0.355 e. The van der Waals surface area contributed by atoms with E-state index in [1.54, 1.807) is 13.8 Å². The minimum Gasteiger partial charge on any atom is -0.355 e. The van der Waals surface area contributed by atoms with Gasteiger partial charge in [-0.25, -0.2) is 0 Å². The second-order valence-electron chi connectivity index (χ2n) is 7.14. The van der Waals surface area contributed by atoms with Crippen LogP contribution in [0.1, 0.15) is 40.5 Å². The maximum absolute atomic E-state index is 11.8. The maximum atomic E-state index is 11.8. The number of nitrogens with two attached hydrogens (primary N) is 1. The number of rotatable bonds is 12. The minimum atomic E-state index is -4.19. The third-order valence-electron chi connectivity index (χ3n) is 3.55. The number of amides is 1. The van der Waals surface area contributed by atoms with Gasteiger partial charge in [-0.1, -0.05) is 27.7 Å². The van der Waals surface area contributed by atoms with Gasteiger partial charge in [-0.15, -0.1) is 0 Å². The van der Waals surface area contributed by atoms with E-state index in [9.17, 15) is 21.6 Å². The Balaban J connectivity index is 4.28. The summed E-state index contributed by atoms with van der Waals surface area (Å²) >= 11 is 0. The Labute approximate surface area is 150 Å². The monoisotopic (exact) mass is 402 g/mol. The van der Waals surface area contributed by atoms with Crippen LogP contribution in [0.5, 0.6) is 0 Å². The van der Waals surface area contributed by atoms with Gasteiger partial charge in [0, 0.05) is 6.54 Å². The molecule has 150 valence electrons. The quantitative estimate of drug-likeness (QED) is 0.307. The van der Waals surface area contributed by atoms with Crippen molar-refractivity contribution >= 4 is 26.1 Å². The zero-order chi connectivity index (χ0) is 19.9. The van der Waals surface area contributed by atoms with Crippen LogP contribution in [0.2, 0.25) is 0 Å². The summed E-state index contributed by atoms with van der Waals surface area (Å²) in [5.74, 6) is -1.38. The lowest BCUT2D eigenvalue weighted by Gasteiger charge is -2.25. The van der Waals surface area contributed by atoms with E-state index in [1.807, 2.05) is 13.8 Å². The fourth-order valence-corrected chi connectivity index (χ4v) is 3.55. The SMILES string of the molecule is CC(C)[C@H](N)C(=O)NCCC(C)(C)COS(=O)(=O)CCCS(=O)(=O)O. The Morgan fingerprint density at radius 1 is 1.20 bits per heavy atom. The molecule has 0 saturated heterocycles. The second-order valence-corrected chi connectivity index (χ2v) is 10.5. The summed E-state index contributed by atoms with van der Waals surface area (Å²) in [5, 5.41) is 2.70. The van der Waals surface area contributed by atoms with Crippen LogP contribution < -0.4 is 11.1 Å². The summed E-state index contributed by atoms with van der Waals surface area (Å²) in [7, 11) is -8.08. The molecule has 0 spiro atoms. The molecule has 1 amide bonds. The Morgan fingerprint density at radius 3 is 2.24 bits per heavy atom. The number of nitrogens with one attached hydrogen (secondary N) is 1. The van der Waals surface area contributed by atoms with Gasteiger partial charge in [-0.3, -0.25) is 13.5 Å². The lowest BCUT2D eigenvalue weighted by atomic mass is 9.90. The molecule has 0 radical (unpaired) electrons. The Morgan fingerprint density at radius 2 is 1.76 bits per heavy atom. The molecule has 0 saturated carbocycles. The molecule has 0 aromatic heterocycles. The average Bonchev–Trinajstić information content (AvgIpc) is 2.42. The summed E-state index contributed by atoms with van der Waals surface area (Å²) in [5.41, 5.74) is 5.20. The molecule has 0 heterocycles. The van der Waals surface area contributed by atoms with Crippen molar-refractivity contribution in [1.82, 2.24) is 5.32 Å². The highest BCUT2D eigenvalue weighted by Gasteiger charge is 2.24. The van der Waals surface area contributed by atoms with E-state index >= 15 is 0 Å². The van der Waals surface area contributed by atoms with Gasteiger partial charge in [0.05, 0.1) is 24.2 Å². The molecular formula is C14H30N2O7S2. The predicted molar refractivity (Wildman–Crippen MR) is 95.0 cm³/mol. The van der Waals surface area contributed by atoms with Crippen LogP contribution >= 0.6 is 0 Å². The highest BCUT2D eigenvalue weighted by molar-refractivity contribution is 7.87. The normalized spacial score (nSPS) is 14.5. The number of carbonyl (C=O) groups excluding carboxylic acids is 1. The van der Waals surface area contributed by atoms with Crippen molar-refractivity contribution in [2.24, 2.45) is 17.1 Å². The molecule has 4 N–H and O–H groups in total. The first-order valence-corrected chi connectivity index (χ1v) is 11.2. The summed E-state index contributed by atoms with van der Waals surface area (Å²) in [6.07, 6.45) is 0.231. The van der Waals surface area contributed by atoms with Crippen LogP contribution in [0.15, 0.2) is 0 Å². The van der Waals surface area contributed by atoms with Gasteiger partial charge in [0.25, 0.3) is 20.2 Å². The van der Waals surface area contributed by atoms with Crippen LogP contribution in [0.3, 0.4) is 0 Å². The zero-order valence-corrected chi connectivity index (χ0v) is 16.8. The molecule has 0 aliphatic rings. The molecule has 0 bridgehead atoms. The lowest BCUT2D eigenvalue weighted by molar-refractivity contribution is -0.123. The van der Waals surface area contributed by atoms with Gasteiger partial charge in [0.15, 0.2) is 0 Å². The molecule has 0 unspecified atom stereocenters. The van der Waals surface area contributed by atoms with Gasteiger partial charge < -0.3 is 11.1 Å². The van der Waals surface area contributed by atoms with Crippen LogP contribution in [0.4, 0.5) is 0 Å². The summed E-state index contributed by atoms with van der Waals surface area (Å²) in [6, 6.07) is -0.595. The van der Waals surface area contributed by atoms with Gasteiger partial charge >= 0.3 is 0 Å². The highest BCUT2D eigenvalue weighted by atomic mass is 32.2. The molecule has 0 rings (SSSR count). The Bertz CT molecular complexity index is 628. The van der Waals surface area contributed by atoms with Gasteiger partial charge in [0.2, 0.25) is 5.91 Å². The molecule has 1 atom stereocenters. The molecule has 0 fully saturated rings. The van der Waals surface area contributed by atoms with E-state index in [4.69, 9.17) is 14.5 Å². The van der Waals surface area contributed by atoms with Crippen LogP contribution in [0, 0.1) is 11.3 Å². The predicted octanol–water partition coefficient (Wildman–Crippen LogP) is 0.127. The number of hydrogen-bond donors (Lipinski definition) is 3. The van der Waals surface area contributed by atoms with Crippen LogP contribution in [-0.2, 0) is 29.2 Å². The van der Waals surface area contributed by atoms with Crippen molar-refractivity contribution in [3.05, 3.63) is 0 Å². The van der Waals surface area contributed by atoms with Crippen molar-refractivity contribution in [2.75, 3.05) is 24.7 Å². The number of carbonyl (C=O) groups is 1. The van der Waals surface area contributed by atoms with E-state index in [1.165, 1.54) is 0 Å². The molecule has 0 aromatic carbocycles. The average molecular weight is 403 g/mol. The topological polar surface area (TPSA) is 153 Å². The van der Waals surface area contributed by atoms with E-state index in [0.717, 1.165) is 0 Å². The Hall–Kier alpha value is -0.750. The highest BCUT2D eigenvalue weighted by Crippen LogP contribution is 2.21. The minimum absolute atomic E-state index is 0.0178. The van der Waals surface area contributed by atoms with E-state index in [-0.39, 0.29) is 24.9 Å². The van der Waals surface area contributed by atoms with Crippen molar-refractivity contribution in [1.29, 1.82) is 0 Å². The molecule has 25 heavy (non-hydrogen) atoms.